The van der Waals surface area contributed by atoms with Crippen LogP contribution in [0, 0.1) is 11.6 Å². The molecule has 1 aromatic carbocycles. The fraction of sp³-hybridized carbons (Fsp3) is 0.0500. The molecule has 28 heavy (non-hydrogen) atoms. The van der Waals surface area contributed by atoms with Gasteiger partial charge < -0.3 is 0 Å². The van der Waals surface area contributed by atoms with E-state index in [2.05, 4.69) is 9.97 Å². The van der Waals surface area contributed by atoms with Crippen LogP contribution in [0.2, 0.25) is 0 Å². The standard InChI is InChI=1S/C20H13F2N3OS2/c21-14-9-16(22)19-17(10-14)28-20(24-19)25(12-13-3-1-7-23-11-13)18(26)6-5-15-4-2-8-27-15/h1-11H,12H2/b6-5+. The maximum absolute atomic E-state index is 14.1. The molecule has 0 atom stereocenters. The molecule has 0 fully saturated rings. The fourth-order valence-corrected chi connectivity index (χ4v) is 4.23. The number of aromatic nitrogens is 2. The quantitative estimate of drug-likeness (QED) is 0.418. The van der Waals surface area contributed by atoms with Crippen molar-refractivity contribution in [3.8, 4) is 0 Å². The van der Waals surface area contributed by atoms with E-state index < -0.39 is 11.6 Å². The minimum absolute atomic E-state index is 0.0487. The molecule has 0 bridgehead atoms. The summed E-state index contributed by atoms with van der Waals surface area (Å²) in [5, 5.41) is 2.21. The largest absolute Gasteiger partial charge is 0.280 e. The predicted molar refractivity (Wildman–Crippen MR) is 108 cm³/mol. The highest BCUT2D eigenvalue weighted by Gasteiger charge is 2.20. The maximum Gasteiger partial charge on any atom is 0.253 e. The summed E-state index contributed by atoms with van der Waals surface area (Å²) in [4.78, 5) is 23.6. The highest BCUT2D eigenvalue weighted by molar-refractivity contribution is 7.22. The SMILES string of the molecule is O=C(/C=C/c1cccs1)N(Cc1cccnc1)c1nc2c(F)cc(F)cc2s1. The molecule has 8 heteroatoms. The lowest BCUT2D eigenvalue weighted by molar-refractivity contribution is -0.114. The predicted octanol–water partition coefficient (Wildman–Crippen LogP) is 5.28. The molecule has 0 saturated heterocycles. The molecule has 0 spiro atoms. The van der Waals surface area contributed by atoms with Gasteiger partial charge in [0.1, 0.15) is 11.3 Å². The molecule has 0 radical (unpaired) electrons. The third kappa shape index (κ3) is 3.97. The molecule has 0 N–H and O–H groups in total. The Morgan fingerprint density at radius 2 is 2.11 bits per heavy atom. The van der Waals surface area contributed by atoms with Crippen molar-refractivity contribution in [3.05, 3.63) is 82.3 Å². The Kier molecular flexibility index (Phi) is 5.23. The van der Waals surface area contributed by atoms with E-state index in [-0.39, 0.29) is 18.0 Å². The third-order valence-corrected chi connectivity index (χ3v) is 5.76. The zero-order valence-electron chi connectivity index (χ0n) is 14.4. The summed E-state index contributed by atoms with van der Waals surface area (Å²) in [6, 6.07) is 9.41. The summed E-state index contributed by atoms with van der Waals surface area (Å²) in [6.07, 6.45) is 6.46. The molecule has 1 amide bonds. The normalized spacial score (nSPS) is 11.4. The fourth-order valence-electron chi connectivity index (χ4n) is 2.60. The molecule has 0 aliphatic carbocycles. The van der Waals surface area contributed by atoms with Crippen LogP contribution in [-0.4, -0.2) is 15.9 Å². The number of halogens is 2. The number of carbonyl (C=O) groups is 1. The number of pyridine rings is 1. The number of rotatable bonds is 5. The molecule has 3 heterocycles. The minimum Gasteiger partial charge on any atom is -0.280 e. The van der Waals surface area contributed by atoms with Crippen LogP contribution in [-0.2, 0) is 11.3 Å². The molecular weight excluding hydrogens is 400 g/mol. The van der Waals surface area contributed by atoms with Gasteiger partial charge in [-0.2, -0.15) is 0 Å². The van der Waals surface area contributed by atoms with Gasteiger partial charge in [-0.3, -0.25) is 14.7 Å². The van der Waals surface area contributed by atoms with E-state index in [1.165, 1.54) is 28.4 Å². The number of thiophene rings is 1. The molecule has 0 aliphatic heterocycles. The molecule has 140 valence electrons. The number of fused-ring (bicyclic) bond motifs is 1. The van der Waals surface area contributed by atoms with Gasteiger partial charge in [0.25, 0.3) is 5.91 Å². The first-order valence-electron chi connectivity index (χ1n) is 8.28. The minimum atomic E-state index is -0.750. The van der Waals surface area contributed by atoms with Gasteiger partial charge in [0.15, 0.2) is 10.9 Å². The number of thiazole rings is 1. The average molecular weight is 413 g/mol. The molecule has 3 aromatic heterocycles. The van der Waals surface area contributed by atoms with Crippen molar-refractivity contribution in [1.29, 1.82) is 0 Å². The lowest BCUT2D eigenvalue weighted by atomic mass is 10.2. The van der Waals surface area contributed by atoms with Crippen LogP contribution in [0.3, 0.4) is 0 Å². The topological polar surface area (TPSA) is 46.1 Å². The van der Waals surface area contributed by atoms with Crippen LogP contribution >= 0.6 is 22.7 Å². The van der Waals surface area contributed by atoms with Crippen LogP contribution in [0.15, 0.2) is 60.2 Å². The molecule has 0 aliphatic rings. The van der Waals surface area contributed by atoms with Crippen molar-refractivity contribution in [3.63, 3.8) is 0 Å². The van der Waals surface area contributed by atoms with Crippen LogP contribution in [0.25, 0.3) is 16.3 Å². The van der Waals surface area contributed by atoms with Crippen LogP contribution in [0.5, 0.6) is 0 Å². The number of amides is 1. The van der Waals surface area contributed by atoms with Gasteiger partial charge in [0, 0.05) is 29.4 Å². The summed E-state index contributed by atoms with van der Waals surface area (Å²) in [6.45, 7) is 0.214. The van der Waals surface area contributed by atoms with Gasteiger partial charge in [0.05, 0.1) is 11.2 Å². The summed E-state index contributed by atoms with van der Waals surface area (Å²) >= 11 is 2.58. The van der Waals surface area contributed by atoms with Crippen molar-refractivity contribution in [2.75, 3.05) is 4.90 Å². The average Bonchev–Trinajstić information content (AvgIpc) is 3.34. The van der Waals surface area contributed by atoms with E-state index in [1.807, 2.05) is 23.6 Å². The summed E-state index contributed by atoms with van der Waals surface area (Å²) in [7, 11) is 0. The number of hydrogen-bond acceptors (Lipinski definition) is 5. The molecule has 4 nitrogen and oxygen atoms in total. The van der Waals surface area contributed by atoms with Gasteiger partial charge in [-0.1, -0.05) is 23.5 Å². The van der Waals surface area contributed by atoms with Gasteiger partial charge >= 0.3 is 0 Å². The monoisotopic (exact) mass is 413 g/mol. The van der Waals surface area contributed by atoms with E-state index in [9.17, 15) is 13.6 Å². The first kappa shape index (κ1) is 18.4. The Hall–Kier alpha value is -2.97. The summed E-state index contributed by atoms with van der Waals surface area (Å²) in [5.41, 5.74) is 0.846. The Bertz CT molecular complexity index is 1140. The zero-order chi connectivity index (χ0) is 19.5. The molecule has 0 saturated carbocycles. The highest BCUT2D eigenvalue weighted by atomic mass is 32.1. The molecular formula is C20H13F2N3OS2. The Labute approximate surface area is 167 Å². The van der Waals surface area contributed by atoms with Gasteiger partial charge in [-0.05, 0) is 35.2 Å². The van der Waals surface area contributed by atoms with Crippen molar-refractivity contribution in [2.45, 2.75) is 6.54 Å². The molecule has 4 aromatic rings. The Morgan fingerprint density at radius 1 is 1.21 bits per heavy atom. The smallest absolute Gasteiger partial charge is 0.253 e. The first-order chi connectivity index (χ1) is 13.6. The maximum atomic E-state index is 14.1. The first-order valence-corrected chi connectivity index (χ1v) is 9.97. The number of benzene rings is 1. The number of hydrogen-bond donors (Lipinski definition) is 0. The Balaban J connectivity index is 1.72. The van der Waals surface area contributed by atoms with E-state index in [1.54, 1.807) is 24.5 Å². The van der Waals surface area contributed by atoms with Crippen molar-refractivity contribution >= 4 is 50.0 Å². The van der Waals surface area contributed by atoms with Crippen molar-refractivity contribution in [2.24, 2.45) is 0 Å². The van der Waals surface area contributed by atoms with E-state index >= 15 is 0 Å². The second kappa shape index (κ2) is 7.95. The van der Waals surface area contributed by atoms with Crippen LogP contribution < -0.4 is 4.90 Å². The molecule has 4 rings (SSSR count). The van der Waals surface area contributed by atoms with Gasteiger partial charge in [0.2, 0.25) is 0 Å². The second-order valence-electron chi connectivity index (χ2n) is 5.87. The summed E-state index contributed by atoms with van der Waals surface area (Å²) < 4.78 is 27.9. The van der Waals surface area contributed by atoms with Crippen molar-refractivity contribution in [1.82, 2.24) is 9.97 Å². The number of anilines is 1. The highest BCUT2D eigenvalue weighted by Crippen LogP contribution is 2.32. The second-order valence-corrected chi connectivity index (χ2v) is 7.85. The number of carbonyl (C=O) groups excluding carboxylic acids is 1. The summed E-state index contributed by atoms with van der Waals surface area (Å²) in [5.74, 6) is -1.74. The third-order valence-electron chi connectivity index (χ3n) is 3.90. The van der Waals surface area contributed by atoms with Crippen LogP contribution in [0.1, 0.15) is 10.4 Å². The van der Waals surface area contributed by atoms with Crippen LogP contribution in [0.4, 0.5) is 13.9 Å². The van der Waals surface area contributed by atoms with Gasteiger partial charge in [-0.15, -0.1) is 11.3 Å². The van der Waals surface area contributed by atoms with Gasteiger partial charge in [-0.25, -0.2) is 13.8 Å². The lowest BCUT2D eigenvalue weighted by Crippen LogP contribution is -2.28. The number of nitrogens with zero attached hydrogens (tertiary/aromatic N) is 3. The Morgan fingerprint density at radius 3 is 2.86 bits per heavy atom. The lowest BCUT2D eigenvalue weighted by Gasteiger charge is -2.18. The van der Waals surface area contributed by atoms with E-state index in [4.69, 9.17) is 0 Å². The van der Waals surface area contributed by atoms with Crippen molar-refractivity contribution < 1.29 is 13.6 Å². The zero-order valence-corrected chi connectivity index (χ0v) is 16.0. The molecule has 0 unspecified atom stereocenters. The van der Waals surface area contributed by atoms with E-state index in [0.29, 0.717) is 9.83 Å². The van der Waals surface area contributed by atoms with E-state index in [0.717, 1.165) is 27.8 Å².